The SMILES string of the molecule is c1ccc(-c2nc(-c3ccccc3)nc(-c3ccc(-c4ccc(-n5c6ccccc6c6ccccc65)cc4)cc3)n2)cc1.c1ccc2cc(-c3nc(-c4ccc(-c5ccc(-n6c7ccccc7c7ccccc76)cc5)cc4)nc(-c4ccc5ccccc5c4)n3)ccc2c1.c1ccc2cc(-c3nc(-c4ccc5ccccc5c4)nc(-c4cccc5ccc(-n6c7ccccc7c7ccccc76)cc45)n3)ccc2c1. The fourth-order valence-corrected chi connectivity index (χ4v) is 20.2. The van der Waals surface area contributed by atoms with Crippen LogP contribution in [-0.2, 0) is 0 Å². The molecule has 0 aliphatic rings. The normalized spacial score (nSPS) is 11.5. The lowest BCUT2D eigenvalue weighted by Crippen LogP contribution is -2.01. The summed E-state index contributed by atoms with van der Waals surface area (Å²) >= 11 is 0. The van der Waals surface area contributed by atoms with Crippen molar-refractivity contribution in [2.75, 3.05) is 0 Å². The first-order valence-electron chi connectivity index (χ1n) is 48.1. The molecule has 0 aliphatic carbocycles. The van der Waals surface area contributed by atoms with Crippen LogP contribution in [0.1, 0.15) is 0 Å². The average Bonchev–Trinajstić information content (AvgIpc) is 1.66. The van der Waals surface area contributed by atoms with Crippen molar-refractivity contribution in [3.63, 3.8) is 0 Å². The number of hydrogen-bond acceptors (Lipinski definition) is 9. The van der Waals surface area contributed by atoms with Crippen molar-refractivity contribution in [3.05, 3.63) is 510 Å². The van der Waals surface area contributed by atoms with Gasteiger partial charge >= 0.3 is 0 Å². The van der Waals surface area contributed by atoms with Crippen LogP contribution in [0.15, 0.2) is 510 Å². The highest BCUT2D eigenvalue weighted by Crippen LogP contribution is 2.42. The third-order valence-electron chi connectivity index (χ3n) is 27.3. The predicted octanol–water partition coefficient (Wildman–Crippen LogP) is 33.0. The number of nitrogens with zero attached hydrogens (tertiary/aromatic N) is 12. The zero-order valence-corrected chi connectivity index (χ0v) is 77.4. The van der Waals surface area contributed by atoms with Crippen molar-refractivity contribution < 1.29 is 0 Å². The van der Waals surface area contributed by atoms with Gasteiger partial charge in [-0.2, -0.15) is 0 Å². The largest absolute Gasteiger partial charge is 0.309 e. The van der Waals surface area contributed by atoms with E-state index in [1.165, 1.54) is 87.0 Å². The van der Waals surface area contributed by atoms with Crippen LogP contribution in [0.5, 0.6) is 0 Å². The summed E-state index contributed by atoms with van der Waals surface area (Å²) in [6.45, 7) is 0. The van der Waals surface area contributed by atoms with Gasteiger partial charge in [-0.15, -0.1) is 0 Å². The van der Waals surface area contributed by atoms with E-state index in [-0.39, 0.29) is 0 Å². The number of rotatable bonds is 14. The quantitative estimate of drug-likeness (QED) is 0.104. The Morgan fingerprint density at radius 1 is 0.112 bits per heavy atom. The minimum Gasteiger partial charge on any atom is -0.309 e. The standard InChI is InChI=1S/C47H30N4.C45H28N4.C39H26N4/c1-3-11-36-29-38(23-19-31(36)9-1)46-48-45(49-47(50-46)39-24-20-32-10-2-4-12-37(32)30-39)35-21-17-33(18-22-35)34-25-27-40(28-26-34)51-43-15-7-5-13-41(43)42-14-6-8-16-44(42)51;1-3-12-32-26-34(22-20-29(32)10-1)43-46-44(35-23-21-30-11-2-4-13-33(30)27-35)48-45(47-43)39-17-9-14-31-24-25-36(28-40(31)39)49-41-18-7-5-15-37(41)38-16-6-8-19-42(38)49;1-3-11-29(12-4-1)37-40-38(30-13-5-2-6-14-30)42-39(41-37)31-21-19-27(20-22-31)28-23-25-32(26-24-28)43-35-17-9-7-15-33(35)34-16-8-10-18-36(34)43/h1-30H;1-28H;1-26H. The highest BCUT2D eigenvalue weighted by Gasteiger charge is 2.23. The fraction of sp³-hybridized carbons (Fsp3) is 0. The van der Waals surface area contributed by atoms with E-state index in [1.807, 2.05) is 60.7 Å². The molecule has 12 nitrogen and oxygen atoms in total. The van der Waals surface area contributed by atoms with Gasteiger partial charge in [0.25, 0.3) is 0 Å². The highest BCUT2D eigenvalue weighted by atomic mass is 15.1. The van der Waals surface area contributed by atoms with E-state index < -0.39 is 0 Å². The Hall–Kier alpha value is -19.4. The first-order chi connectivity index (χ1) is 70.8. The summed E-state index contributed by atoms with van der Waals surface area (Å²) < 4.78 is 7.04. The third kappa shape index (κ3) is 16.0. The molecule has 668 valence electrons. The Labute approximate surface area is 823 Å². The van der Waals surface area contributed by atoms with E-state index >= 15 is 0 Å². The van der Waals surface area contributed by atoms with Crippen LogP contribution in [-0.4, -0.2) is 58.6 Å². The zero-order chi connectivity index (χ0) is 94.6. The average molecular weight is 1830 g/mol. The maximum atomic E-state index is 5.18. The van der Waals surface area contributed by atoms with E-state index in [2.05, 4.69) is 463 Å². The molecule has 0 atom stereocenters. The van der Waals surface area contributed by atoms with Gasteiger partial charge < -0.3 is 13.7 Å². The molecule has 0 aliphatic heterocycles. The number of para-hydroxylation sites is 6. The molecular formula is C131H84N12. The Kier molecular flexibility index (Phi) is 21.3. The summed E-state index contributed by atoms with van der Waals surface area (Å²) in [4.78, 5) is 45.1. The van der Waals surface area contributed by atoms with E-state index in [0.717, 1.165) is 122 Å². The predicted molar refractivity (Wildman–Crippen MR) is 590 cm³/mol. The fourth-order valence-electron chi connectivity index (χ4n) is 20.2. The second kappa shape index (κ2) is 36.2. The van der Waals surface area contributed by atoms with Gasteiger partial charge in [0, 0.05) is 99.5 Å². The molecular weight excluding hydrogens is 1740 g/mol. The van der Waals surface area contributed by atoms with Crippen molar-refractivity contribution in [2.45, 2.75) is 0 Å². The molecule has 0 bridgehead atoms. The maximum Gasteiger partial charge on any atom is 0.164 e. The Morgan fingerprint density at radius 3 is 0.615 bits per heavy atom. The van der Waals surface area contributed by atoms with E-state index in [0.29, 0.717) is 52.4 Å². The topological polar surface area (TPSA) is 131 Å². The molecule has 0 fully saturated rings. The number of fused-ring (bicyclic) bond motifs is 14. The summed E-state index contributed by atoms with van der Waals surface area (Å²) in [6, 6.07) is 179. The molecule has 0 spiro atoms. The van der Waals surface area contributed by atoms with Gasteiger partial charge in [0.05, 0.1) is 33.1 Å². The lowest BCUT2D eigenvalue weighted by Gasteiger charge is -2.13. The molecule has 28 rings (SSSR count). The van der Waals surface area contributed by atoms with Crippen LogP contribution in [0.2, 0.25) is 0 Å². The summed E-state index contributed by atoms with van der Waals surface area (Å²) in [5.41, 5.74) is 23.7. The molecule has 0 saturated heterocycles. The maximum absolute atomic E-state index is 5.18. The number of hydrogen-bond donors (Lipinski definition) is 0. The molecule has 6 heterocycles. The van der Waals surface area contributed by atoms with E-state index in [1.54, 1.807) is 0 Å². The minimum atomic E-state index is 0.643. The first-order valence-corrected chi connectivity index (χ1v) is 48.1. The molecule has 12 heteroatoms. The van der Waals surface area contributed by atoms with Gasteiger partial charge in [-0.05, 0) is 173 Å². The first kappa shape index (κ1) is 84.1. The van der Waals surface area contributed by atoms with Crippen LogP contribution in [0.25, 0.3) is 261 Å². The molecule has 22 aromatic carbocycles. The lowest BCUT2D eigenvalue weighted by molar-refractivity contribution is 1.07. The van der Waals surface area contributed by atoms with Crippen LogP contribution in [0.4, 0.5) is 0 Å². The second-order valence-electron chi connectivity index (χ2n) is 36.0. The lowest BCUT2D eigenvalue weighted by atomic mass is 10.0. The van der Waals surface area contributed by atoms with Gasteiger partial charge in [0.1, 0.15) is 0 Å². The number of benzene rings is 22. The molecule has 0 amide bonds. The smallest absolute Gasteiger partial charge is 0.164 e. The Bertz CT molecular complexity index is 9370. The second-order valence-corrected chi connectivity index (χ2v) is 36.0. The van der Waals surface area contributed by atoms with Crippen molar-refractivity contribution in [1.82, 2.24) is 58.6 Å². The molecule has 28 aromatic rings. The van der Waals surface area contributed by atoms with Gasteiger partial charge in [0.15, 0.2) is 52.4 Å². The summed E-state index contributed by atoms with van der Waals surface area (Å²) in [6.07, 6.45) is 0. The highest BCUT2D eigenvalue weighted by molar-refractivity contribution is 6.12. The third-order valence-corrected chi connectivity index (χ3v) is 27.3. The molecule has 0 radical (unpaired) electrons. The van der Waals surface area contributed by atoms with Gasteiger partial charge in [-0.25, -0.2) is 44.9 Å². The van der Waals surface area contributed by atoms with Crippen LogP contribution in [0.3, 0.4) is 0 Å². The molecule has 6 aromatic heterocycles. The minimum absolute atomic E-state index is 0.643. The van der Waals surface area contributed by atoms with Crippen LogP contribution in [0, 0.1) is 0 Å². The van der Waals surface area contributed by atoms with Gasteiger partial charge in [-0.1, -0.05) is 413 Å². The van der Waals surface area contributed by atoms with Gasteiger partial charge in [0.2, 0.25) is 0 Å². The summed E-state index contributed by atoms with van der Waals surface area (Å²) in [7, 11) is 0. The van der Waals surface area contributed by atoms with Crippen molar-refractivity contribution in [3.8, 4) is 142 Å². The van der Waals surface area contributed by atoms with Gasteiger partial charge in [-0.3, -0.25) is 0 Å². The van der Waals surface area contributed by atoms with Crippen molar-refractivity contribution in [2.24, 2.45) is 0 Å². The van der Waals surface area contributed by atoms with Crippen LogP contribution < -0.4 is 0 Å². The van der Waals surface area contributed by atoms with Crippen LogP contribution >= 0.6 is 0 Å². The van der Waals surface area contributed by atoms with E-state index in [4.69, 9.17) is 44.9 Å². The molecule has 0 unspecified atom stereocenters. The molecule has 143 heavy (non-hydrogen) atoms. The summed E-state index contributed by atoms with van der Waals surface area (Å²) in [5.74, 6) is 5.86. The number of aromatic nitrogens is 12. The van der Waals surface area contributed by atoms with Crippen molar-refractivity contribution in [1.29, 1.82) is 0 Å². The Morgan fingerprint density at radius 2 is 0.315 bits per heavy atom. The van der Waals surface area contributed by atoms with Crippen molar-refractivity contribution >= 4 is 119 Å². The van der Waals surface area contributed by atoms with E-state index in [9.17, 15) is 0 Å². The molecule has 0 saturated carbocycles. The Balaban J connectivity index is 0.000000110. The monoisotopic (exact) mass is 1820 g/mol. The molecule has 0 N–H and O–H groups in total. The zero-order valence-electron chi connectivity index (χ0n) is 77.4. The summed E-state index contributed by atoms with van der Waals surface area (Å²) in [5, 5.41) is 19.1.